The lowest BCUT2D eigenvalue weighted by Gasteiger charge is -2.11. The number of carbonyl (C=O) groups is 2. The zero-order chi connectivity index (χ0) is 19.9. The average Bonchev–Trinajstić information content (AvgIpc) is 2.70. The first-order chi connectivity index (χ1) is 13.6. The van der Waals surface area contributed by atoms with Crippen LogP contribution in [0.2, 0.25) is 0 Å². The molecule has 0 aliphatic rings. The zero-order valence-corrected chi connectivity index (χ0v) is 15.2. The van der Waals surface area contributed by atoms with Crippen LogP contribution in [0.25, 0.3) is 0 Å². The molecule has 28 heavy (non-hydrogen) atoms. The van der Waals surface area contributed by atoms with E-state index < -0.39 is 11.9 Å². The van der Waals surface area contributed by atoms with Gasteiger partial charge in [-0.3, -0.25) is 9.79 Å². The van der Waals surface area contributed by atoms with Crippen molar-refractivity contribution in [2.24, 2.45) is 4.99 Å². The molecule has 0 saturated heterocycles. The fourth-order valence-electron chi connectivity index (χ4n) is 2.70. The molecule has 0 saturated carbocycles. The van der Waals surface area contributed by atoms with Gasteiger partial charge < -0.3 is 15.7 Å². The molecule has 6 nitrogen and oxygen atoms in total. The third-order valence-corrected chi connectivity index (χ3v) is 3.99. The highest BCUT2D eigenvalue weighted by Gasteiger charge is 2.14. The topological polar surface area (TPSA) is 90.8 Å². The lowest BCUT2D eigenvalue weighted by Crippen LogP contribution is -2.15. The van der Waals surface area contributed by atoms with Crippen LogP contribution in [0.4, 0.5) is 17.1 Å². The first-order valence-electron chi connectivity index (χ1n) is 8.60. The lowest BCUT2D eigenvalue weighted by molar-refractivity contribution is 0.0698. The van der Waals surface area contributed by atoms with E-state index in [9.17, 15) is 14.7 Å². The minimum absolute atomic E-state index is 0.00400. The Bertz CT molecular complexity index is 1030. The predicted octanol–water partition coefficient (Wildman–Crippen LogP) is 4.43. The van der Waals surface area contributed by atoms with Gasteiger partial charge in [0.1, 0.15) is 0 Å². The van der Waals surface area contributed by atoms with Crippen molar-refractivity contribution in [3.05, 3.63) is 89.5 Å². The number of nitrogens with zero attached hydrogens (tertiary/aromatic N) is 1. The van der Waals surface area contributed by atoms with Crippen molar-refractivity contribution in [1.82, 2.24) is 0 Å². The highest BCUT2D eigenvalue weighted by molar-refractivity contribution is 6.08. The molecule has 0 spiro atoms. The minimum atomic E-state index is -1.12. The van der Waals surface area contributed by atoms with Crippen molar-refractivity contribution in [2.45, 2.75) is 0 Å². The van der Waals surface area contributed by atoms with E-state index in [4.69, 9.17) is 0 Å². The van der Waals surface area contributed by atoms with Gasteiger partial charge >= 0.3 is 5.97 Å². The highest BCUT2D eigenvalue weighted by atomic mass is 16.4. The van der Waals surface area contributed by atoms with Crippen LogP contribution in [0, 0.1) is 0 Å². The number of anilines is 3. The summed E-state index contributed by atoms with van der Waals surface area (Å²) in [5, 5.41) is 15.3. The van der Waals surface area contributed by atoms with E-state index in [-0.39, 0.29) is 11.3 Å². The average molecular weight is 373 g/mol. The highest BCUT2D eigenvalue weighted by Crippen LogP contribution is 2.21. The second-order valence-electron chi connectivity index (χ2n) is 6.02. The summed E-state index contributed by atoms with van der Waals surface area (Å²) in [6.07, 6.45) is 1.55. The van der Waals surface area contributed by atoms with E-state index >= 15 is 0 Å². The van der Waals surface area contributed by atoms with Crippen LogP contribution in [-0.2, 0) is 0 Å². The molecule has 1 amide bonds. The van der Waals surface area contributed by atoms with Gasteiger partial charge in [-0.05, 0) is 48.0 Å². The second-order valence-corrected chi connectivity index (χ2v) is 6.02. The van der Waals surface area contributed by atoms with Crippen LogP contribution in [-0.4, -0.2) is 30.2 Å². The molecule has 0 bridgehead atoms. The summed E-state index contributed by atoms with van der Waals surface area (Å²) >= 11 is 0. The summed E-state index contributed by atoms with van der Waals surface area (Å²) < 4.78 is 0. The Morgan fingerprint density at radius 2 is 1.68 bits per heavy atom. The van der Waals surface area contributed by atoms with E-state index in [2.05, 4.69) is 15.6 Å². The van der Waals surface area contributed by atoms with Gasteiger partial charge in [-0.1, -0.05) is 30.3 Å². The molecular formula is C22H19N3O3. The maximum absolute atomic E-state index is 12.6. The molecule has 3 aromatic rings. The number of rotatable bonds is 6. The van der Waals surface area contributed by atoms with Crippen LogP contribution >= 0.6 is 0 Å². The maximum Gasteiger partial charge on any atom is 0.337 e. The molecule has 0 aliphatic heterocycles. The molecule has 0 heterocycles. The van der Waals surface area contributed by atoms with Crippen LogP contribution in [0.15, 0.2) is 77.8 Å². The minimum Gasteiger partial charge on any atom is -0.478 e. The Morgan fingerprint density at radius 1 is 0.929 bits per heavy atom. The Morgan fingerprint density at radius 3 is 2.39 bits per heavy atom. The van der Waals surface area contributed by atoms with Crippen molar-refractivity contribution in [3.63, 3.8) is 0 Å². The molecule has 0 fully saturated rings. The summed E-state index contributed by atoms with van der Waals surface area (Å²) in [6.45, 7) is 0. The Kier molecular flexibility index (Phi) is 5.81. The number of aliphatic imine (C=N–C) groups is 1. The fraction of sp³-hybridized carbons (Fsp3) is 0.0455. The largest absolute Gasteiger partial charge is 0.478 e. The Labute approximate surface area is 162 Å². The van der Waals surface area contributed by atoms with Crippen LogP contribution < -0.4 is 10.6 Å². The molecule has 3 N–H and O–H groups in total. The number of para-hydroxylation sites is 1. The summed E-state index contributed by atoms with van der Waals surface area (Å²) in [6, 6.07) is 21.3. The van der Waals surface area contributed by atoms with Gasteiger partial charge in [0.25, 0.3) is 5.91 Å². The third kappa shape index (κ3) is 4.62. The molecule has 3 rings (SSSR count). The number of aromatic carboxylic acids is 1. The van der Waals surface area contributed by atoms with Gasteiger partial charge in [-0.15, -0.1) is 0 Å². The van der Waals surface area contributed by atoms with E-state index in [1.807, 2.05) is 36.4 Å². The van der Waals surface area contributed by atoms with Gasteiger partial charge in [0.05, 0.1) is 11.3 Å². The molecule has 3 aromatic carbocycles. The summed E-state index contributed by atoms with van der Waals surface area (Å²) in [5.41, 5.74) is 2.95. The monoisotopic (exact) mass is 373 g/mol. The van der Waals surface area contributed by atoms with Crippen molar-refractivity contribution < 1.29 is 14.7 Å². The van der Waals surface area contributed by atoms with E-state index in [1.54, 1.807) is 43.6 Å². The van der Waals surface area contributed by atoms with Crippen molar-refractivity contribution in [1.29, 1.82) is 0 Å². The lowest BCUT2D eigenvalue weighted by atomic mass is 10.1. The Balaban J connectivity index is 1.81. The molecule has 0 aromatic heterocycles. The van der Waals surface area contributed by atoms with Gasteiger partial charge in [0, 0.05) is 30.2 Å². The molecule has 0 atom stereocenters. The maximum atomic E-state index is 12.6. The first-order valence-corrected chi connectivity index (χ1v) is 8.60. The molecule has 0 radical (unpaired) electrons. The summed E-state index contributed by atoms with van der Waals surface area (Å²) in [4.78, 5) is 28.1. The molecule has 0 aliphatic carbocycles. The summed E-state index contributed by atoms with van der Waals surface area (Å²) in [5.74, 6) is -1.52. The van der Waals surface area contributed by atoms with Gasteiger partial charge in [-0.25, -0.2) is 4.79 Å². The van der Waals surface area contributed by atoms with E-state index in [0.29, 0.717) is 11.1 Å². The van der Waals surface area contributed by atoms with Crippen molar-refractivity contribution in [3.8, 4) is 0 Å². The van der Waals surface area contributed by atoms with Gasteiger partial charge in [0.15, 0.2) is 0 Å². The molecule has 6 heteroatoms. The number of amides is 1. The van der Waals surface area contributed by atoms with E-state index in [1.165, 1.54) is 6.07 Å². The number of hydrogen-bond donors (Lipinski definition) is 3. The third-order valence-electron chi connectivity index (χ3n) is 3.99. The number of hydrogen-bond acceptors (Lipinski definition) is 4. The number of benzene rings is 3. The van der Waals surface area contributed by atoms with Gasteiger partial charge in [-0.2, -0.15) is 0 Å². The number of carbonyl (C=O) groups excluding carboxylic acids is 1. The first kappa shape index (κ1) is 18.8. The van der Waals surface area contributed by atoms with Gasteiger partial charge in [0.2, 0.25) is 0 Å². The number of carboxylic acids is 1. The standard InChI is InChI=1S/C22H19N3O3/c1-23-14-15-10-11-20(19(12-15)22(27)28)25-21(26)16-6-5-9-18(13-16)24-17-7-3-2-4-8-17/h2-14,24H,1H3,(H,25,26)(H,27,28). The van der Waals surface area contributed by atoms with E-state index in [0.717, 1.165) is 11.4 Å². The smallest absolute Gasteiger partial charge is 0.337 e. The second kappa shape index (κ2) is 8.64. The summed E-state index contributed by atoms with van der Waals surface area (Å²) in [7, 11) is 1.60. The normalized spacial score (nSPS) is 10.6. The quantitative estimate of drug-likeness (QED) is 0.558. The molecule has 0 unspecified atom stereocenters. The predicted molar refractivity (Wildman–Crippen MR) is 111 cm³/mol. The number of carboxylic acid groups (broad SMARTS) is 1. The number of nitrogens with one attached hydrogen (secondary N) is 2. The molecular weight excluding hydrogens is 354 g/mol. The Hall–Kier alpha value is -3.93. The van der Waals surface area contributed by atoms with Crippen molar-refractivity contribution in [2.75, 3.05) is 17.7 Å². The van der Waals surface area contributed by atoms with Crippen molar-refractivity contribution >= 4 is 35.2 Å². The van der Waals surface area contributed by atoms with Crippen LogP contribution in [0.1, 0.15) is 26.3 Å². The molecule has 140 valence electrons. The van der Waals surface area contributed by atoms with Crippen LogP contribution in [0.3, 0.4) is 0 Å². The zero-order valence-electron chi connectivity index (χ0n) is 15.2. The van der Waals surface area contributed by atoms with Crippen LogP contribution in [0.5, 0.6) is 0 Å². The fourth-order valence-corrected chi connectivity index (χ4v) is 2.70. The SMILES string of the molecule is CN=Cc1ccc(NC(=O)c2cccc(Nc3ccccc3)c2)c(C(=O)O)c1.